The van der Waals surface area contributed by atoms with Crippen molar-refractivity contribution < 1.29 is 9.59 Å². The second-order valence-corrected chi connectivity index (χ2v) is 7.22. The van der Waals surface area contributed by atoms with Crippen LogP contribution < -0.4 is 10.2 Å². The molecule has 1 saturated heterocycles. The zero-order valence-electron chi connectivity index (χ0n) is 11.4. The highest BCUT2D eigenvalue weighted by Crippen LogP contribution is 2.53. The van der Waals surface area contributed by atoms with Gasteiger partial charge in [-0.1, -0.05) is 34.1 Å². The molecule has 0 aliphatic carbocycles. The van der Waals surface area contributed by atoms with Crippen molar-refractivity contribution in [1.29, 1.82) is 0 Å². The summed E-state index contributed by atoms with van der Waals surface area (Å²) in [5.74, 6) is 0.0734. The number of thioether (sulfide) groups is 1. The van der Waals surface area contributed by atoms with E-state index in [1.165, 1.54) is 11.8 Å². The molecule has 2 aliphatic heterocycles. The third kappa shape index (κ3) is 1.77. The predicted molar refractivity (Wildman–Crippen MR) is 90.8 cm³/mol. The van der Waals surface area contributed by atoms with E-state index in [4.69, 9.17) is 0 Å². The lowest BCUT2D eigenvalue weighted by molar-refractivity contribution is -0.122. The van der Waals surface area contributed by atoms with Crippen LogP contribution in [0, 0.1) is 0 Å². The summed E-state index contributed by atoms with van der Waals surface area (Å²) in [4.78, 5) is 25.8. The molecule has 0 radical (unpaired) electrons. The number of amides is 2. The molecule has 0 bridgehead atoms. The van der Waals surface area contributed by atoms with Gasteiger partial charge >= 0.3 is 0 Å². The number of hydrogen-bond donors (Lipinski definition) is 1. The highest BCUT2D eigenvalue weighted by molar-refractivity contribution is 9.10. The van der Waals surface area contributed by atoms with Gasteiger partial charge < -0.3 is 5.32 Å². The second kappa shape index (κ2) is 4.86. The van der Waals surface area contributed by atoms with E-state index in [0.29, 0.717) is 0 Å². The summed E-state index contributed by atoms with van der Waals surface area (Å²) in [5.41, 5.74) is 2.35. The normalized spacial score (nSPS) is 23.0. The zero-order chi connectivity index (χ0) is 15.3. The number of rotatable bonds is 1. The lowest BCUT2D eigenvalue weighted by atomic mass is 10.0. The van der Waals surface area contributed by atoms with Gasteiger partial charge in [-0.25, -0.2) is 0 Å². The molecule has 22 heavy (non-hydrogen) atoms. The van der Waals surface area contributed by atoms with Gasteiger partial charge in [-0.15, -0.1) is 11.8 Å². The minimum Gasteiger partial charge on any atom is -0.323 e. The Bertz CT molecular complexity index is 793. The third-order valence-electron chi connectivity index (χ3n) is 3.90. The number of nitrogens with zero attached hydrogens (tertiary/aromatic N) is 1. The number of carbonyl (C=O) groups is 2. The minimum atomic E-state index is -0.999. The fourth-order valence-corrected chi connectivity index (χ4v) is 4.55. The molecule has 6 heteroatoms. The van der Waals surface area contributed by atoms with Gasteiger partial charge in [0.05, 0.1) is 5.75 Å². The van der Waals surface area contributed by atoms with Gasteiger partial charge in [0.25, 0.3) is 5.91 Å². The van der Waals surface area contributed by atoms with Crippen LogP contribution in [0.1, 0.15) is 5.56 Å². The Kier molecular flexibility index (Phi) is 3.06. The molecule has 2 heterocycles. The van der Waals surface area contributed by atoms with E-state index in [1.807, 2.05) is 48.5 Å². The van der Waals surface area contributed by atoms with Crippen LogP contribution in [0.5, 0.6) is 0 Å². The quantitative estimate of drug-likeness (QED) is 0.832. The fourth-order valence-electron chi connectivity index (χ4n) is 2.97. The monoisotopic (exact) mass is 374 g/mol. The summed E-state index contributed by atoms with van der Waals surface area (Å²) < 4.78 is 0.931. The number of hydrogen-bond acceptors (Lipinski definition) is 3. The Morgan fingerprint density at radius 2 is 1.82 bits per heavy atom. The van der Waals surface area contributed by atoms with E-state index in [9.17, 15) is 9.59 Å². The number of para-hydroxylation sites is 1. The number of fused-ring (bicyclic) bond motifs is 2. The maximum atomic E-state index is 12.7. The summed E-state index contributed by atoms with van der Waals surface area (Å²) in [6, 6.07) is 15.0. The van der Waals surface area contributed by atoms with Crippen LogP contribution in [0.25, 0.3) is 0 Å². The van der Waals surface area contributed by atoms with E-state index in [2.05, 4.69) is 21.2 Å². The Morgan fingerprint density at radius 3 is 2.59 bits per heavy atom. The maximum Gasteiger partial charge on any atom is 0.266 e. The summed E-state index contributed by atoms with van der Waals surface area (Å²) in [5, 5.41) is 2.90. The van der Waals surface area contributed by atoms with E-state index in [1.54, 1.807) is 4.90 Å². The highest BCUT2D eigenvalue weighted by atomic mass is 79.9. The van der Waals surface area contributed by atoms with Crippen molar-refractivity contribution in [2.24, 2.45) is 0 Å². The van der Waals surface area contributed by atoms with Gasteiger partial charge in [-0.2, -0.15) is 0 Å². The molecule has 2 aliphatic rings. The summed E-state index contributed by atoms with van der Waals surface area (Å²) in [7, 11) is 0. The second-order valence-electron chi connectivity index (χ2n) is 5.14. The molecule has 1 atom stereocenters. The predicted octanol–water partition coefficient (Wildman–Crippen LogP) is 3.33. The molecule has 110 valence electrons. The van der Waals surface area contributed by atoms with Crippen LogP contribution in [-0.2, 0) is 14.5 Å². The topological polar surface area (TPSA) is 49.4 Å². The minimum absolute atomic E-state index is 0.0563. The fraction of sp³-hybridized carbons (Fsp3) is 0.125. The van der Waals surface area contributed by atoms with Gasteiger partial charge in [-0.3, -0.25) is 14.5 Å². The molecule has 1 spiro atoms. The van der Waals surface area contributed by atoms with Crippen LogP contribution in [0.4, 0.5) is 11.4 Å². The molecular formula is C16H11BrN2O2S. The van der Waals surface area contributed by atoms with E-state index in [0.717, 1.165) is 21.4 Å². The molecule has 2 aromatic carbocycles. The Hall–Kier alpha value is -1.79. The lowest BCUT2D eigenvalue weighted by Crippen LogP contribution is -2.47. The molecule has 0 saturated carbocycles. The van der Waals surface area contributed by atoms with Crippen molar-refractivity contribution in [1.82, 2.24) is 0 Å². The first kappa shape index (κ1) is 13.8. The van der Waals surface area contributed by atoms with Gasteiger partial charge in [0, 0.05) is 21.4 Å². The SMILES string of the molecule is O=C1CS[C@]2(C(=O)Nc3ccccc32)N1c1ccc(Br)cc1. The van der Waals surface area contributed by atoms with E-state index >= 15 is 0 Å². The number of halogens is 1. The average molecular weight is 375 g/mol. The zero-order valence-corrected chi connectivity index (χ0v) is 13.8. The average Bonchev–Trinajstić information content (AvgIpc) is 3.00. The van der Waals surface area contributed by atoms with Gasteiger partial charge in [0.15, 0.2) is 0 Å². The van der Waals surface area contributed by atoms with Crippen molar-refractivity contribution in [2.75, 3.05) is 16.0 Å². The summed E-state index contributed by atoms with van der Waals surface area (Å²) in [6.07, 6.45) is 0. The van der Waals surface area contributed by atoms with Crippen molar-refractivity contribution in [2.45, 2.75) is 4.87 Å². The van der Waals surface area contributed by atoms with Gasteiger partial charge in [0.2, 0.25) is 10.8 Å². The lowest BCUT2D eigenvalue weighted by Gasteiger charge is -2.32. The standard InChI is InChI=1S/C16H11BrN2O2S/c17-10-5-7-11(8-6-10)19-14(20)9-22-16(19)12-3-1-2-4-13(12)18-15(16)21/h1-8H,9H2,(H,18,21)/t16-/m1/s1. The maximum absolute atomic E-state index is 12.7. The third-order valence-corrected chi connectivity index (χ3v) is 5.83. The molecular weight excluding hydrogens is 364 g/mol. The largest absolute Gasteiger partial charge is 0.323 e. The number of nitrogens with one attached hydrogen (secondary N) is 1. The van der Waals surface area contributed by atoms with Crippen LogP contribution in [-0.4, -0.2) is 17.6 Å². The summed E-state index contributed by atoms with van der Waals surface area (Å²) in [6.45, 7) is 0. The molecule has 4 nitrogen and oxygen atoms in total. The Balaban J connectivity index is 1.92. The first-order valence-corrected chi connectivity index (χ1v) is 8.54. The number of benzene rings is 2. The van der Waals surface area contributed by atoms with Crippen molar-refractivity contribution in [3.05, 3.63) is 58.6 Å². The van der Waals surface area contributed by atoms with E-state index in [-0.39, 0.29) is 17.6 Å². The van der Waals surface area contributed by atoms with Crippen LogP contribution >= 0.6 is 27.7 Å². The first-order valence-electron chi connectivity index (χ1n) is 6.76. The number of carbonyl (C=O) groups excluding carboxylic acids is 2. The molecule has 0 unspecified atom stereocenters. The first-order chi connectivity index (χ1) is 10.6. The van der Waals surface area contributed by atoms with Gasteiger partial charge in [0.1, 0.15) is 0 Å². The summed E-state index contributed by atoms with van der Waals surface area (Å²) >= 11 is 4.76. The van der Waals surface area contributed by atoms with Crippen molar-refractivity contribution >= 4 is 50.9 Å². The molecule has 4 rings (SSSR count). The molecule has 1 N–H and O–H groups in total. The van der Waals surface area contributed by atoms with Gasteiger partial charge in [-0.05, 0) is 30.3 Å². The Labute approximate surface area is 140 Å². The number of anilines is 2. The van der Waals surface area contributed by atoms with Crippen molar-refractivity contribution in [3.8, 4) is 0 Å². The molecule has 2 amide bonds. The smallest absolute Gasteiger partial charge is 0.266 e. The van der Waals surface area contributed by atoms with E-state index < -0.39 is 4.87 Å². The van der Waals surface area contributed by atoms with Crippen LogP contribution in [0.2, 0.25) is 0 Å². The molecule has 2 aromatic rings. The molecule has 1 fully saturated rings. The molecule has 0 aromatic heterocycles. The Morgan fingerprint density at radius 1 is 1.09 bits per heavy atom. The highest BCUT2D eigenvalue weighted by Gasteiger charge is 2.58. The van der Waals surface area contributed by atoms with Crippen LogP contribution in [0.15, 0.2) is 53.0 Å². The van der Waals surface area contributed by atoms with Crippen molar-refractivity contribution in [3.63, 3.8) is 0 Å². The van der Waals surface area contributed by atoms with Crippen LogP contribution in [0.3, 0.4) is 0 Å².